The SMILES string of the molecule is C=NN1/C(=C(\C)C=O)CC(=O)Nc2ccc(OC)cc21. The van der Waals surface area contributed by atoms with E-state index in [2.05, 4.69) is 17.1 Å². The van der Waals surface area contributed by atoms with Crippen molar-refractivity contribution >= 4 is 30.3 Å². The Hall–Kier alpha value is -2.63. The Balaban J connectivity index is 2.66. The molecule has 1 amide bonds. The summed E-state index contributed by atoms with van der Waals surface area (Å²) < 4.78 is 5.18. The molecule has 1 aromatic rings. The Bertz CT molecular complexity index is 608. The summed E-state index contributed by atoms with van der Waals surface area (Å²) >= 11 is 0. The number of ether oxygens (including phenoxy) is 1. The molecular formula is C14H15N3O3. The monoisotopic (exact) mass is 273 g/mol. The van der Waals surface area contributed by atoms with E-state index >= 15 is 0 Å². The Morgan fingerprint density at radius 1 is 1.55 bits per heavy atom. The van der Waals surface area contributed by atoms with Crippen molar-refractivity contribution in [1.82, 2.24) is 0 Å². The molecule has 0 aliphatic carbocycles. The zero-order valence-corrected chi connectivity index (χ0v) is 11.3. The van der Waals surface area contributed by atoms with Crippen molar-refractivity contribution in [3.8, 4) is 5.75 Å². The fraction of sp³-hybridized carbons (Fsp3) is 0.214. The van der Waals surface area contributed by atoms with E-state index in [1.807, 2.05) is 0 Å². The third-order valence-electron chi connectivity index (χ3n) is 3.06. The number of fused-ring (bicyclic) bond motifs is 1. The van der Waals surface area contributed by atoms with Gasteiger partial charge in [0.05, 0.1) is 30.6 Å². The molecule has 1 aliphatic heterocycles. The quantitative estimate of drug-likeness (QED) is 0.519. The number of amides is 1. The maximum atomic E-state index is 11.9. The number of carbonyl (C=O) groups excluding carboxylic acids is 2. The smallest absolute Gasteiger partial charge is 0.230 e. The predicted octanol–water partition coefficient (Wildman–Crippen LogP) is 1.93. The first-order valence-electron chi connectivity index (χ1n) is 6.00. The van der Waals surface area contributed by atoms with Crippen LogP contribution in [0, 0.1) is 0 Å². The number of anilines is 2. The summed E-state index contributed by atoms with van der Waals surface area (Å²) in [5.41, 5.74) is 2.14. The number of rotatable bonds is 3. The Morgan fingerprint density at radius 2 is 2.30 bits per heavy atom. The van der Waals surface area contributed by atoms with Crippen LogP contribution in [0.15, 0.2) is 34.6 Å². The number of hydrogen-bond acceptors (Lipinski definition) is 5. The topological polar surface area (TPSA) is 71.0 Å². The van der Waals surface area contributed by atoms with Gasteiger partial charge in [0.1, 0.15) is 12.0 Å². The van der Waals surface area contributed by atoms with Crippen LogP contribution in [0.4, 0.5) is 11.4 Å². The van der Waals surface area contributed by atoms with Gasteiger partial charge in [-0.05, 0) is 19.1 Å². The van der Waals surface area contributed by atoms with Gasteiger partial charge in [-0.1, -0.05) is 0 Å². The molecule has 104 valence electrons. The van der Waals surface area contributed by atoms with Gasteiger partial charge in [-0.25, -0.2) is 5.01 Å². The zero-order chi connectivity index (χ0) is 14.7. The van der Waals surface area contributed by atoms with Crippen molar-refractivity contribution in [2.24, 2.45) is 5.10 Å². The summed E-state index contributed by atoms with van der Waals surface area (Å²) in [6, 6.07) is 5.19. The van der Waals surface area contributed by atoms with Crippen LogP contribution >= 0.6 is 0 Å². The number of nitrogens with one attached hydrogen (secondary N) is 1. The first kappa shape index (κ1) is 13.8. The molecule has 0 fully saturated rings. The number of aldehydes is 1. The van der Waals surface area contributed by atoms with Crippen molar-refractivity contribution in [3.05, 3.63) is 29.5 Å². The molecule has 0 saturated heterocycles. The van der Waals surface area contributed by atoms with E-state index in [0.717, 1.165) is 0 Å². The van der Waals surface area contributed by atoms with E-state index < -0.39 is 0 Å². The highest BCUT2D eigenvalue weighted by molar-refractivity contribution is 5.99. The van der Waals surface area contributed by atoms with E-state index in [9.17, 15) is 9.59 Å². The summed E-state index contributed by atoms with van der Waals surface area (Å²) in [5, 5.41) is 8.19. The van der Waals surface area contributed by atoms with Crippen LogP contribution in [0.3, 0.4) is 0 Å². The molecule has 20 heavy (non-hydrogen) atoms. The number of hydrogen-bond donors (Lipinski definition) is 1. The second-order valence-electron chi connectivity index (χ2n) is 4.31. The highest BCUT2D eigenvalue weighted by Gasteiger charge is 2.25. The van der Waals surface area contributed by atoms with Crippen molar-refractivity contribution in [1.29, 1.82) is 0 Å². The Kier molecular flexibility index (Phi) is 3.84. The molecule has 0 unspecified atom stereocenters. The lowest BCUT2D eigenvalue weighted by Gasteiger charge is -2.21. The predicted molar refractivity (Wildman–Crippen MR) is 77.0 cm³/mol. The molecule has 1 heterocycles. The fourth-order valence-corrected chi connectivity index (χ4v) is 2.02. The molecule has 0 radical (unpaired) electrons. The summed E-state index contributed by atoms with van der Waals surface area (Å²) in [7, 11) is 1.55. The molecule has 1 aromatic carbocycles. The van der Waals surface area contributed by atoms with Gasteiger partial charge < -0.3 is 10.1 Å². The van der Waals surface area contributed by atoms with Gasteiger partial charge in [-0.15, -0.1) is 0 Å². The molecular weight excluding hydrogens is 258 g/mol. The largest absolute Gasteiger partial charge is 0.497 e. The van der Waals surface area contributed by atoms with E-state index in [0.29, 0.717) is 34.7 Å². The number of methoxy groups -OCH3 is 1. The van der Waals surface area contributed by atoms with Crippen molar-refractivity contribution in [2.45, 2.75) is 13.3 Å². The normalized spacial score (nSPS) is 16.7. The lowest BCUT2D eigenvalue weighted by atomic mass is 10.1. The molecule has 1 aliphatic rings. The molecule has 6 heteroatoms. The van der Waals surface area contributed by atoms with E-state index in [1.54, 1.807) is 32.2 Å². The van der Waals surface area contributed by atoms with Gasteiger partial charge in [0.25, 0.3) is 0 Å². The van der Waals surface area contributed by atoms with Crippen molar-refractivity contribution in [3.63, 3.8) is 0 Å². The molecule has 2 rings (SSSR count). The first-order valence-corrected chi connectivity index (χ1v) is 6.00. The number of carbonyl (C=O) groups is 2. The number of allylic oxidation sites excluding steroid dienone is 1. The molecule has 6 nitrogen and oxygen atoms in total. The molecule has 0 aromatic heterocycles. The summed E-state index contributed by atoms with van der Waals surface area (Å²) in [6.45, 7) is 5.16. The van der Waals surface area contributed by atoms with Crippen LogP contribution in [0.5, 0.6) is 5.75 Å². The maximum Gasteiger partial charge on any atom is 0.230 e. The van der Waals surface area contributed by atoms with Crippen LogP contribution in [-0.4, -0.2) is 26.0 Å². The van der Waals surface area contributed by atoms with Crippen LogP contribution < -0.4 is 15.1 Å². The van der Waals surface area contributed by atoms with E-state index in [-0.39, 0.29) is 12.3 Å². The third kappa shape index (κ3) is 2.40. The van der Waals surface area contributed by atoms with E-state index in [1.165, 1.54) is 5.01 Å². The average molecular weight is 273 g/mol. The minimum absolute atomic E-state index is 0.0561. The number of nitrogens with zero attached hydrogens (tertiary/aromatic N) is 2. The van der Waals surface area contributed by atoms with Gasteiger partial charge >= 0.3 is 0 Å². The zero-order valence-electron chi connectivity index (χ0n) is 11.3. The second kappa shape index (κ2) is 5.56. The molecule has 0 saturated carbocycles. The first-order chi connectivity index (χ1) is 9.60. The van der Waals surface area contributed by atoms with E-state index in [4.69, 9.17) is 4.74 Å². The maximum absolute atomic E-state index is 11.9. The molecule has 0 spiro atoms. The Morgan fingerprint density at radius 3 is 2.90 bits per heavy atom. The van der Waals surface area contributed by atoms with Gasteiger partial charge in [-0.3, -0.25) is 9.59 Å². The highest BCUT2D eigenvalue weighted by Crippen LogP contribution is 2.36. The van der Waals surface area contributed by atoms with Crippen LogP contribution in [0.2, 0.25) is 0 Å². The summed E-state index contributed by atoms with van der Waals surface area (Å²) in [5.74, 6) is 0.412. The third-order valence-corrected chi connectivity index (χ3v) is 3.06. The van der Waals surface area contributed by atoms with Gasteiger partial charge in [0.15, 0.2) is 0 Å². The highest BCUT2D eigenvalue weighted by atomic mass is 16.5. The van der Waals surface area contributed by atoms with Gasteiger partial charge in [-0.2, -0.15) is 5.10 Å². The summed E-state index contributed by atoms with van der Waals surface area (Å²) in [6.07, 6.45) is 0.756. The number of benzene rings is 1. The van der Waals surface area contributed by atoms with Gasteiger partial charge in [0.2, 0.25) is 5.91 Å². The molecule has 1 N–H and O–H groups in total. The van der Waals surface area contributed by atoms with Crippen LogP contribution in [-0.2, 0) is 9.59 Å². The van der Waals surface area contributed by atoms with Crippen LogP contribution in [0.25, 0.3) is 0 Å². The molecule has 0 atom stereocenters. The van der Waals surface area contributed by atoms with Crippen molar-refractivity contribution in [2.75, 3.05) is 17.4 Å². The standard InChI is InChI=1S/C14H15N3O3/c1-9(8-18)12-7-14(19)16-11-5-4-10(20-3)6-13(11)17(12)15-2/h4-6,8H,2,7H2,1,3H3,(H,16,19)/b12-9+. The average Bonchev–Trinajstić information content (AvgIpc) is 2.60. The Labute approximate surface area is 116 Å². The fourth-order valence-electron chi connectivity index (χ4n) is 2.02. The second-order valence-corrected chi connectivity index (χ2v) is 4.31. The lowest BCUT2D eigenvalue weighted by Crippen LogP contribution is -2.18. The molecule has 0 bridgehead atoms. The van der Waals surface area contributed by atoms with Gasteiger partial charge in [0, 0.05) is 18.4 Å². The van der Waals surface area contributed by atoms with Crippen molar-refractivity contribution < 1.29 is 14.3 Å². The number of hydrazone groups is 1. The minimum Gasteiger partial charge on any atom is -0.497 e. The minimum atomic E-state index is -0.209. The van der Waals surface area contributed by atoms with Crippen LogP contribution in [0.1, 0.15) is 13.3 Å². The lowest BCUT2D eigenvalue weighted by molar-refractivity contribution is -0.115. The summed E-state index contributed by atoms with van der Waals surface area (Å²) in [4.78, 5) is 22.9.